The molecule has 0 bridgehead atoms. The predicted octanol–water partition coefficient (Wildman–Crippen LogP) is 2.54. The number of hydrogen-bond donors (Lipinski definition) is 1. The lowest BCUT2D eigenvalue weighted by atomic mass is 10.0. The molecule has 19 heavy (non-hydrogen) atoms. The summed E-state index contributed by atoms with van der Waals surface area (Å²) in [7, 11) is 1.63. The Morgan fingerprint density at radius 1 is 1.16 bits per heavy atom. The van der Waals surface area contributed by atoms with E-state index in [9.17, 15) is 4.79 Å². The van der Waals surface area contributed by atoms with Gasteiger partial charge in [-0.25, -0.2) is 0 Å². The second-order valence-electron chi connectivity index (χ2n) is 4.48. The molecule has 0 heterocycles. The van der Waals surface area contributed by atoms with Crippen molar-refractivity contribution >= 4 is 16.7 Å². The summed E-state index contributed by atoms with van der Waals surface area (Å²) < 4.78 is 4.90. The van der Waals surface area contributed by atoms with E-state index in [2.05, 4.69) is 29.6 Å². The maximum atomic E-state index is 11.7. The zero-order valence-corrected chi connectivity index (χ0v) is 11.2. The number of fused-ring (bicyclic) bond motifs is 1. The number of carbonyl (C=O) groups is 1. The molecule has 0 radical (unpaired) electrons. The molecule has 0 spiro atoms. The number of amides is 1. The minimum absolute atomic E-state index is 0.0741. The smallest absolute Gasteiger partial charge is 0.220 e. The van der Waals surface area contributed by atoms with Crippen LogP contribution in [-0.2, 0) is 16.0 Å². The van der Waals surface area contributed by atoms with Crippen molar-refractivity contribution in [1.82, 2.24) is 5.32 Å². The topological polar surface area (TPSA) is 38.3 Å². The number of rotatable bonds is 6. The van der Waals surface area contributed by atoms with Crippen LogP contribution in [0.2, 0.25) is 0 Å². The maximum Gasteiger partial charge on any atom is 0.220 e. The fraction of sp³-hybridized carbons (Fsp3) is 0.312. The number of benzene rings is 2. The Morgan fingerprint density at radius 2 is 1.95 bits per heavy atom. The Bertz CT molecular complexity index is 546. The molecule has 1 N–H and O–H groups in total. The molecule has 0 saturated carbocycles. The van der Waals surface area contributed by atoms with E-state index in [1.165, 1.54) is 16.3 Å². The molecular formula is C16H19NO2. The second kappa shape index (κ2) is 6.90. The monoisotopic (exact) mass is 257 g/mol. The van der Waals surface area contributed by atoms with Gasteiger partial charge in [0.2, 0.25) is 5.91 Å². The van der Waals surface area contributed by atoms with Crippen LogP contribution in [0.1, 0.15) is 12.0 Å². The standard InChI is InChI=1S/C16H19NO2/c1-19-12-11-17-16(18)10-9-14-7-4-6-13-5-2-3-8-15(13)14/h2-8H,9-12H2,1H3,(H,17,18). The van der Waals surface area contributed by atoms with Gasteiger partial charge in [0.1, 0.15) is 0 Å². The van der Waals surface area contributed by atoms with Gasteiger partial charge in [-0.05, 0) is 22.8 Å². The van der Waals surface area contributed by atoms with Crippen molar-refractivity contribution in [1.29, 1.82) is 0 Å². The Labute approximate surface area is 113 Å². The highest BCUT2D eigenvalue weighted by Crippen LogP contribution is 2.19. The van der Waals surface area contributed by atoms with Crippen molar-refractivity contribution in [3.05, 3.63) is 48.0 Å². The van der Waals surface area contributed by atoms with Crippen LogP contribution >= 0.6 is 0 Å². The van der Waals surface area contributed by atoms with Crippen LogP contribution in [-0.4, -0.2) is 26.2 Å². The SMILES string of the molecule is COCCNC(=O)CCc1cccc2ccccc12. The highest BCUT2D eigenvalue weighted by atomic mass is 16.5. The first-order chi connectivity index (χ1) is 9.31. The average molecular weight is 257 g/mol. The predicted molar refractivity (Wildman–Crippen MR) is 77.2 cm³/mol. The number of nitrogens with one attached hydrogen (secondary N) is 1. The van der Waals surface area contributed by atoms with Gasteiger partial charge in [-0.15, -0.1) is 0 Å². The third kappa shape index (κ3) is 3.80. The van der Waals surface area contributed by atoms with E-state index < -0.39 is 0 Å². The van der Waals surface area contributed by atoms with Crippen molar-refractivity contribution in [3.8, 4) is 0 Å². The minimum atomic E-state index is 0.0741. The summed E-state index contributed by atoms with van der Waals surface area (Å²) in [6.45, 7) is 1.13. The molecule has 0 aliphatic heterocycles. The van der Waals surface area contributed by atoms with Crippen LogP contribution in [0.15, 0.2) is 42.5 Å². The molecule has 0 saturated heterocycles. The molecule has 1 amide bonds. The molecule has 2 aromatic rings. The van der Waals surface area contributed by atoms with E-state index in [-0.39, 0.29) is 5.91 Å². The lowest BCUT2D eigenvalue weighted by Crippen LogP contribution is -2.27. The first-order valence-electron chi connectivity index (χ1n) is 6.53. The fourth-order valence-corrected chi connectivity index (χ4v) is 2.14. The van der Waals surface area contributed by atoms with Crippen LogP contribution in [0.25, 0.3) is 10.8 Å². The van der Waals surface area contributed by atoms with Gasteiger partial charge < -0.3 is 10.1 Å². The number of ether oxygens (including phenoxy) is 1. The van der Waals surface area contributed by atoms with E-state index in [1.807, 2.05) is 18.2 Å². The van der Waals surface area contributed by atoms with Crippen LogP contribution in [0, 0.1) is 0 Å². The van der Waals surface area contributed by atoms with Crippen LogP contribution < -0.4 is 5.32 Å². The number of hydrogen-bond acceptors (Lipinski definition) is 2. The highest BCUT2D eigenvalue weighted by Gasteiger charge is 2.04. The summed E-state index contributed by atoms with van der Waals surface area (Å²) in [5, 5.41) is 5.29. The zero-order chi connectivity index (χ0) is 13.5. The van der Waals surface area contributed by atoms with Crippen LogP contribution in [0.4, 0.5) is 0 Å². The summed E-state index contributed by atoms with van der Waals surface area (Å²) in [6, 6.07) is 14.5. The van der Waals surface area contributed by atoms with E-state index >= 15 is 0 Å². The van der Waals surface area contributed by atoms with Gasteiger partial charge in [0.05, 0.1) is 6.61 Å². The minimum Gasteiger partial charge on any atom is -0.383 e. The van der Waals surface area contributed by atoms with Crippen molar-refractivity contribution in [2.24, 2.45) is 0 Å². The third-order valence-corrected chi connectivity index (χ3v) is 3.13. The Hall–Kier alpha value is -1.87. The van der Waals surface area contributed by atoms with Gasteiger partial charge >= 0.3 is 0 Å². The van der Waals surface area contributed by atoms with Gasteiger partial charge in [0.25, 0.3) is 0 Å². The Balaban J connectivity index is 1.96. The summed E-state index contributed by atoms with van der Waals surface area (Å²) in [5.74, 6) is 0.0741. The normalized spacial score (nSPS) is 10.6. The van der Waals surface area contributed by atoms with Crippen molar-refractivity contribution in [2.75, 3.05) is 20.3 Å². The van der Waals surface area contributed by atoms with Gasteiger partial charge in [-0.3, -0.25) is 4.79 Å². The number of aryl methyl sites for hydroxylation is 1. The van der Waals surface area contributed by atoms with Crippen LogP contribution in [0.5, 0.6) is 0 Å². The fourth-order valence-electron chi connectivity index (χ4n) is 2.14. The molecule has 0 aliphatic carbocycles. The lowest BCUT2D eigenvalue weighted by Gasteiger charge is -2.07. The summed E-state index contributed by atoms with van der Waals surface area (Å²) in [4.78, 5) is 11.7. The van der Waals surface area contributed by atoms with E-state index in [1.54, 1.807) is 7.11 Å². The summed E-state index contributed by atoms with van der Waals surface area (Å²) in [5.41, 5.74) is 1.22. The van der Waals surface area contributed by atoms with E-state index in [0.29, 0.717) is 19.6 Å². The van der Waals surface area contributed by atoms with Crippen molar-refractivity contribution in [2.45, 2.75) is 12.8 Å². The third-order valence-electron chi connectivity index (χ3n) is 3.13. The zero-order valence-electron chi connectivity index (χ0n) is 11.2. The number of carbonyl (C=O) groups excluding carboxylic acids is 1. The quantitative estimate of drug-likeness (QED) is 0.808. The van der Waals surface area contributed by atoms with Gasteiger partial charge in [-0.2, -0.15) is 0 Å². The first kappa shape index (κ1) is 13.6. The summed E-state index contributed by atoms with van der Waals surface area (Å²) >= 11 is 0. The highest BCUT2D eigenvalue weighted by molar-refractivity contribution is 5.86. The van der Waals surface area contributed by atoms with Crippen LogP contribution in [0.3, 0.4) is 0 Å². The molecule has 0 aromatic heterocycles. The molecule has 3 nitrogen and oxygen atoms in total. The summed E-state index contributed by atoms with van der Waals surface area (Å²) in [6.07, 6.45) is 1.28. The molecule has 0 unspecified atom stereocenters. The largest absolute Gasteiger partial charge is 0.383 e. The first-order valence-corrected chi connectivity index (χ1v) is 6.53. The molecule has 2 rings (SSSR count). The second-order valence-corrected chi connectivity index (χ2v) is 4.48. The number of methoxy groups -OCH3 is 1. The lowest BCUT2D eigenvalue weighted by molar-refractivity contribution is -0.121. The molecule has 0 fully saturated rings. The van der Waals surface area contributed by atoms with Gasteiger partial charge in [0, 0.05) is 20.1 Å². The van der Waals surface area contributed by atoms with Crippen molar-refractivity contribution < 1.29 is 9.53 Å². The van der Waals surface area contributed by atoms with Gasteiger partial charge in [0.15, 0.2) is 0 Å². The van der Waals surface area contributed by atoms with E-state index in [0.717, 1.165) is 6.42 Å². The van der Waals surface area contributed by atoms with E-state index in [4.69, 9.17) is 4.74 Å². The molecular weight excluding hydrogens is 238 g/mol. The molecule has 3 heteroatoms. The Kier molecular flexibility index (Phi) is 4.93. The van der Waals surface area contributed by atoms with Crippen molar-refractivity contribution in [3.63, 3.8) is 0 Å². The molecule has 0 aliphatic rings. The average Bonchev–Trinajstić information content (AvgIpc) is 2.45. The van der Waals surface area contributed by atoms with Gasteiger partial charge in [-0.1, -0.05) is 42.5 Å². The Morgan fingerprint density at radius 3 is 2.79 bits per heavy atom. The molecule has 0 atom stereocenters. The molecule has 100 valence electrons. The molecule has 2 aromatic carbocycles. The maximum absolute atomic E-state index is 11.7.